The molecule has 3 rings (SSSR count). The predicted octanol–water partition coefficient (Wildman–Crippen LogP) is 3.04. The molecule has 2 aromatic rings. The van der Waals surface area contributed by atoms with Crippen molar-refractivity contribution in [1.29, 1.82) is 0 Å². The van der Waals surface area contributed by atoms with Crippen molar-refractivity contribution in [2.75, 3.05) is 33.6 Å². The number of nitrogens with one attached hydrogen (secondary N) is 1. The lowest BCUT2D eigenvalue weighted by molar-refractivity contribution is -0.142. The Hall–Kier alpha value is -2.75. The van der Waals surface area contributed by atoms with Gasteiger partial charge < -0.3 is 24.1 Å². The van der Waals surface area contributed by atoms with Crippen LogP contribution in [0, 0.1) is 0 Å². The summed E-state index contributed by atoms with van der Waals surface area (Å²) in [6.07, 6.45) is 8.41. The first-order valence-corrected chi connectivity index (χ1v) is 11.9. The van der Waals surface area contributed by atoms with Crippen LogP contribution in [0.1, 0.15) is 54.3 Å². The van der Waals surface area contributed by atoms with E-state index in [0.29, 0.717) is 29.6 Å². The SMILES string of the molecule is COC(=O)COc1ccc(C(=O)NCCCc2nnc(SC)n2C2CCCC2)cc1OC. The van der Waals surface area contributed by atoms with Crippen LogP contribution >= 0.6 is 11.8 Å². The van der Waals surface area contributed by atoms with Crippen LogP contribution in [0.4, 0.5) is 0 Å². The largest absolute Gasteiger partial charge is 0.493 e. The minimum atomic E-state index is -0.498. The molecule has 0 atom stereocenters. The molecule has 1 aliphatic rings. The summed E-state index contributed by atoms with van der Waals surface area (Å²) in [7, 11) is 2.77. The number of carbonyl (C=O) groups excluding carboxylic acids is 2. The van der Waals surface area contributed by atoms with E-state index < -0.39 is 5.97 Å². The fraction of sp³-hybridized carbons (Fsp3) is 0.545. The highest BCUT2D eigenvalue weighted by atomic mass is 32.2. The van der Waals surface area contributed by atoms with Crippen molar-refractivity contribution in [3.63, 3.8) is 0 Å². The summed E-state index contributed by atoms with van der Waals surface area (Å²) in [5.41, 5.74) is 0.450. The molecule has 32 heavy (non-hydrogen) atoms. The maximum atomic E-state index is 12.6. The van der Waals surface area contributed by atoms with E-state index >= 15 is 0 Å². The van der Waals surface area contributed by atoms with Crippen molar-refractivity contribution in [3.8, 4) is 11.5 Å². The van der Waals surface area contributed by atoms with Crippen molar-refractivity contribution in [3.05, 3.63) is 29.6 Å². The standard InChI is InChI=1S/C22H30N4O5S/c1-29-18-13-15(10-11-17(18)31-14-20(27)30-2)21(28)23-12-6-9-19-24-25-22(32-3)26(19)16-7-4-5-8-16/h10-11,13,16H,4-9,12,14H2,1-3H3,(H,23,28). The van der Waals surface area contributed by atoms with Gasteiger partial charge in [0, 0.05) is 24.6 Å². The highest BCUT2D eigenvalue weighted by molar-refractivity contribution is 7.98. The van der Waals surface area contributed by atoms with E-state index in [1.54, 1.807) is 30.0 Å². The number of hydrogen-bond acceptors (Lipinski definition) is 8. The molecule has 1 aromatic heterocycles. The van der Waals surface area contributed by atoms with Gasteiger partial charge >= 0.3 is 5.97 Å². The van der Waals surface area contributed by atoms with Gasteiger partial charge in [-0.2, -0.15) is 0 Å². The van der Waals surface area contributed by atoms with Crippen molar-refractivity contribution in [1.82, 2.24) is 20.1 Å². The van der Waals surface area contributed by atoms with Crippen molar-refractivity contribution < 1.29 is 23.8 Å². The zero-order chi connectivity index (χ0) is 22.9. The maximum Gasteiger partial charge on any atom is 0.343 e. The van der Waals surface area contributed by atoms with Gasteiger partial charge in [-0.15, -0.1) is 10.2 Å². The lowest BCUT2D eigenvalue weighted by Gasteiger charge is -2.16. The molecule has 174 valence electrons. The average Bonchev–Trinajstić information content (AvgIpc) is 3.49. The second kappa shape index (κ2) is 11.8. The molecular weight excluding hydrogens is 432 g/mol. The fourth-order valence-electron chi connectivity index (χ4n) is 3.82. The van der Waals surface area contributed by atoms with Crippen LogP contribution in [0.25, 0.3) is 0 Å². The molecule has 1 saturated carbocycles. The van der Waals surface area contributed by atoms with Gasteiger partial charge in [0.25, 0.3) is 5.91 Å². The van der Waals surface area contributed by atoms with E-state index in [0.717, 1.165) is 23.8 Å². The first-order valence-electron chi connectivity index (χ1n) is 10.7. The smallest absolute Gasteiger partial charge is 0.343 e. The van der Waals surface area contributed by atoms with Crippen LogP contribution in [-0.2, 0) is 16.0 Å². The highest BCUT2D eigenvalue weighted by Crippen LogP contribution is 2.33. The minimum absolute atomic E-state index is 0.204. The zero-order valence-corrected chi connectivity index (χ0v) is 19.6. The Bertz CT molecular complexity index is 927. The van der Waals surface area contributed by atoms with Crippen LogP contribution in [-0.4, -0.2) is 60.3 Å². The normalized spacial score (nSPS) is 13.7. The topological polar surface area (TPSA) is 105 Å². The number of nitrogens with zero attached hydrogens (tertiary/aromatic N) is 3. The average molecular weight is 463 g/mol. The first-order chi connectivity index (χ1) is 15.6. The molecule has 1 N–H and O–H groups in total. The molecule has 0 radical (unpaired) electrons. The molecule has 10 heteroatoms. The number of aryl methyl sites for hydroxylation is 1. The first kappa shape index (κ1) is 23.9. The van der Waals surface area contributed by atoms with Gasteiger partial charge in [-0.25, -0.2) is 4.79 Å². The summed E-state index contributed by atoms with van der Waals surface area (Å²) in [6.45, 7) is 0.288. The van der Waals surface area contributed by atoms with Crippen LogP contribution in [0.2, 0.25) is 0 Å². The summed E-state index contributed by atoms with van der Waals surface area (Å²) < 4.78 is 17.5. The Labute approximate surface area is 192 Å². The van der Waals surface area contributed by atoms with Gasteiger partial charge in [-0.1, -0.05) is 24.6 Å². The number of hydrogen-bond donors (Lipinski definition) is 1. The number of rotatable bonds is 11. The number of ether oxygens (including phenoxy) is 3. The Kier molecular flexibility index (Phi) is 8.78. The Morgan fingerprint density at radius 3 is 2.66 bits per heavy atom. The van der Waals surface area contributed by atoms with Crippen LogP contribution < -0.4 is 14.8 Å². The quantitative estimate of drug-likeness (QED) is 0.309. The van der Waals surface area contributed by atoms with Gasteiger partial charge in [0.2, 0.25) is 0 Å². The maximum absolute atomic E-state index is 12.6. The predicted molar refractivity (Wildman–Crippen MR) is 120 cm³/mol. The number of carbonyl (C=O) groups is 2. The molecule has 0 aliphatic heterocycles. The van der Waals surface area contributed by atoms with Crippen LogP contribution in [0.3, 0.4) is 0 Å². The van der Waals surface area contributed by atoms with E-state index in [4.69, 9.17) is 9.47 Å². The Morgan fingerprint density at radius 2 is 1.97 bits per heavy atom. The molecule has 0 bridgehead atoms. The third-order valence-electron chi connectivity index (χ3n) is 5.47. The molecule has 1 heterocycles. The van der Waals surface area contributed by atoms with E-state index in [-0.39, 0.29) is 12.5 Å². The third-order valence-corrected chi connectivity index (χ3v) is 6.11. The van der Waals surface area contributed by atoms with Gasteiger partial charge in [0.1, 0.15) is 5.82 Å². The van der Waals surface area contributed by atoms with Crippen LogP contribution in [0.5, 0.6) is 11.5 Å². The minimum Gasteiger partial charge on any atom is -0.493 e. The number of thioether (sulfide) groups is 1. The number of amides is 1. The number of esters is 1. The second-order valence-electron chi connectivity index (χ2n) is 7.50. The third kappa shape index (κ3) is 5.93. The van der Waals surface area contributed by atoms with Crippen molar-refractivity contribution in [2.24, 2.45) is 0 Å². The lowest BCUT2D eigenvalue weighted by Crippen LogP contribution is -2.25. The summed E-state index contributed by atoms with van der Waals surface area (Å²) in [4.78, 5) is 23.8. The van der Waals surface area contributed by atoms with E-state index in [2.05, 4.69) is 24.8 Å². The van der Waals surface area contributed by atoms with E-state index in [9.17, 15) is 9.59 Å². The molecule has 0 unspecified atom stereocenters. The van der Waals surface area contributed by atoms with Crippen molar-refractivity contribution >= 4 is 23.6 Å². The summed E-state index contributed by atoms with van der Waals surface area (Å²) in [6, 6.07) is 5.31. The van der Waals surface area contributed by atoms with Gasteiger partial charge in [0.15, 0.2) is 23.3 Å². The van der Waals surface area contributed by atoms with Gasteiger partial charge in [-0.05, 0) is 43.7 Å². The summed E-state index contributed by atoms with van der Waals surface area (Å²) >= 11 is 1.63. The van der Waals surface area contributed by atoms with Crippen molar-refractivity contribution in [2.45, 2.75) is 49.7 Å². The van der Waals surface area contributed by atoms with Gasteiger partial charge in [-0.3, -0.25) is 4.79 Å². The van der Waals surface area contributed by atoms with Crippen LogP contribution in [0.15, 0.2) is 23.4 Å². The monoisotopic (exact) mass is 462 g/mol. The molecule has 1 aromatic carbocycles. The zero-order valence-electron chi connectivity index (χ0n) is 18.8. The number of methoxy groups -OCH3 is 2. The molecule has 9 nitrogen and oxygen atoms in total. The lowest BCUT2D eigenvalue weighted by atomic mass is 10.2. The Balaban J connectivity index is 1.53. The summed E-state index contributed by atoms with van der Waals surface area (Å²) in [5, 5.41) is 12.6. The number of benzene rings is 1. The summed E-state index contributed by atoms with van der Waals surface area (Å²) in [5.74, 6) is 1.03. The number of aromatic nitrogens is 3. The molecule has 1 amide bonds. The molecular formula is C22H30N4O5S. The molecule has 1 aliphatic carbocycles. The molecule has 0 spiro atoms. The second-order valence-corrected chi connectivity index (χ2v) is 8.27. The molecule has 1 fully saturated rings. The van der Waals surface area contributed by atoms with E-state index in [1.165, 1.54) is 39.9 Å². The highest BCUT2D eigenvalue weighted by Gasteiger charge is 2.23. The van der Waals surface area contributed by atoms with Gasteiger partial charge in [0.05, 0.1) is 14.2 Å². The van der Waals surface area contributed by atoms with E-state index in [1.807, 2.05) is 6.26 Å². The Morgan fingerprint density at radius 1 is 1.19 bits per heavy atom. The fourth-order valence-corrected chi connectivity index (χ4v) is 4.39. The molecule has 0 saturated heterocycles.